The predicted octanol–water partition coefficient (Wildman–Crippen LogP) is 2.45. The van der Waals surface area contributed by atoms with Crippen LogP contribution in [0.4, 0.5) is 0 Å². The molecule has 1 fully saturated rings. The van der Waals surface area contributed by atoms with E-state index in [0.29, 0.717) is 5.54 Å². The van der Waals surface area contributed by atoms with Crippen molar-refractivity contribution in [2.75, 3.05) is 0 Å². The van der Waals surface area contributed by atoms with Crippen LogP contribution in [0.15, 0.2) is 18.3 Å². The Morgan fingerprint density at radius 1 is 1.43 bits per heavy atom. The minimum Gasteiger partial charge on any atom is -0.353 e. The van der Waals surface area contributed by atoms with E-state index in [0.717, 1.165) is 6.54 Å². The lowest BCUT2D eigenvalue weighted by Crippen LogP contribution is -2.39. The highest BCUT2D eigenvalue weighted by atomic mass is 15.0. The maximum Gasteiger partial charge on any atom is 0.0363 e. The third kappa shape index (κ3) is 2.01. The molecule has 0 unspecified atom stereocenters. The lowest BCUT2D eigenvalue weighted by molar-refractivity contribution is 0.358. The summed E-state index contributed by atoms with van der Waals surface area (Å²) < 4.78 is 2.19. The zero-order valence-electron chi connectivity index (χ0n) is 9.21. The van der Waals surface area contributed by atoms with Crippen LogP contribution in [0, 0.1) is 0 Å². The van der Waals surface area contributed by atoms with Gasteiger partial charge in [0, 0.05) is 31.0 Å². The lowest BCUT2D eigenvalue weighted by Gasteiger charge is -2.25. The van der Waals surface area contributed by atoms with Crippen LogP contribution in [-0.2, 0) is 13.6 Å². The quantitative estimate of drug-likeness (QED) is 0.778. The van der Waals surface area contributed by atoms with Crippen molar-refractivity contribution < 1.29 is 0 Å². The zero-order chi connectivity index (χ0) is 10.0. The van der Waals surface area contributed by atoms with Gasteiger partial charge in [-0.15, -0.1) is 0 Å². The number of hydrogen-bond acceptors (Lipinski definition) is 1. The molecule has 78 valence electrons. The SMILES string of the molecule is Cn1cccc1CNC1(C)CCCC1. The van der Waals surface area contributed by atoms with Gasteiger partial charge in [-0.05, 0) is 31.9 Å². The largest absolute Gasteiger partial charge is 0.353 e. The van der Waals surface area contributed by atoms with E-state index in [1.807, 2.05) is 0 Å². The first kappa shape index (κ1) is 9.78. The Kier molecular flexibility index (Phi) is 2.64. The molecule has 14 heavy (non-hydrogen) atoms. The Labute approximate surface area is 86.3 Å². The monoisotopic (exact) mass is 192 g/mol. The van der Waals surface area contributed by atoms with Crippen molar-refractivity contribution in [1.29, 1.82) is 0 Å². The summed E-state index contributed by atoms with van der Waals surface area (Å²) in [6.45, 7) is 3.35. The van der Waals surface area contributed by atoms with Gasteiger partial charge in [0.05, 0.1) is 0 Å². The summed E-state index contributed by atoms with van der Waals surface area (Å²) in [6.07, 6.45) is 7.54. The number of rotatable bonds is 3. The molecular weight excluding hydrogens is 172 g/mol. The summed E-state index contributed by atoms with van der Waals surface area (Å²) in [7, 11) is 2.11. The Balaban J connectivity index is 1.91. The molecule has 2 rings (SSSR count). The van der Waals surface area contributed by atoms with E-state index in [-0.39, 0.29) is 0 Å². The third-order valence-electron chi connectivity index (χ3n) is 3.45. The molecule has 0 saturated heterocycles. The third-order valence-corrected chi connectivity index (χ3v) is 3.45. The second kappa shape index (κ2) is 3.77. The Bertz CT molecular complexity index is 295. The van der Waals surface area contributed by atoms with Crippen LogP contribution in [0.5, 0.6) is 0 Å². The van der Waals surface area contributed by atoms with Gasteiger partial charge in [0.1, 0.15) is 0 Å². The van der Waals surface area contributed by atoms with Crippen molar-refractivity contribution in [2.45, 2.75) is 44.7 Å². The molecular formula is C12H20N2. The smallest absolute Gasteiger partial charge is 0.0363 e. The van der Waals surface area contributed by atoms with Crippen LogP contribution >= 0.6 is 0 Å². The first-order valence-electron chi connectivity index (χ1n) is 5.55. The van der Waals surface area contributed by atoms with E-state index < -0.39 is 0 Å². The molecule has 1 aromatic heterocycles. The highest BCUT2D eigenvalue weighted by molar-refractivity contribution is 5.07. The van der Waals surface area contributed by atoms with Crippen LogP contribution in [0.25, 0.3) is 0 Å². The number of hydrogen-bond donors (Lipinski definition) is 1. The van der Waals surface area contributed by atoms with Crippen molar-refractivity contribution in [2.24, 2.45) is 7.05 Å². The molecule has 0 amide bonds. The number of aromatic nitrogens is 1. The van der Waals surface area contributed by atoms with Crippen molar-refractivity contribution >= 4 is 0 Å². The van der Waals surface area contributed by atoms with Crippen LogP contribution in [0.3, 0.4) is 0 Å². The highest BCUT2D eigenvalue weighted by Crippen LogP contribution is 2.29. The van der Waals surface area contributed by atoms with Gasteiger partial charge < -0.3 is 9.88 Å². The molecule has 0 bridgehead atoms. The first-order valence-corrected chi connectivity index (χ1v) is 5.55. The summed E-state index contributed by atoms with van der Waals surface area (Å²) in [5.74, 6) is 0. The van der Waals surface area contributed by atoms with E-state index in [4.69, 9.17) is 0 Å². The fraction of sp³-hybridized carbons (Fsp3) is 0.667. The van der Waals surface area contributed by atoms with Crippen molar-refractivity contribution in [3.05, 3.63) is 24.0 Å². The summed E-state index contributed by atoms with van der Waals surface area (Å²) in [6, 6.07) is 4.29. The molecule has 1 aliphatic rings. The topological polar surface area (TPSA) is 17.0 Å². The van der Waals surface area contributed by atoms with Gasteiger partial charge in [-0.2, -0.15) is 0 Å². The molecule has 1 N–H and O–H groups in total. The molecule has 1 aromatic rings. The Hall–Kier alpha value is -0.760. The summed E-state index contributed by atoms with van der Waals surface area (Å²) >= 11 is 0. The van der Waals surface area contributed by atoms with E-state index in [2.05, 4.69) is 42.2 Å². The molecule has 1 heterocycles. The second-order valence-corrected chi connectivity index (χ2v) is 4.73. The van der Waals surface area contributed by atoms with Crippen LogP contribution in [0.1, 0.15) is 38.3 Å². The standard InChI is InChI=1S/C12H20N2/c1-12(7-3-4-8-12)13-10-11-6-5-9-14(11)2/h5-6,9,13H,3-4,7-8,10H2,1-2H3. The van der Waals surface area contributed by atoms with Crippen molar-refractivity contribution in [3.8, 4) is 0 Å². The lowest BCUT2D eigenvalue weighted by atomic mass is 10.0. The molecule has 0 radical (unpaired) electrons. The van der Waals surface area contributed by atoms with Crippen molar-refractivity contribution in [3.63, 3.8) is 0 Å². The van der Waals surface area contributed by atoms with Crippen LogP contribution in [-0.4, -0.2) is 10.1 Å². The van der Waals surface area contributed by atoms with Gasteiger partial charge in [0.15, 0.2) is 0 Å². The minimum atomic E-state index is 0.393. The van der Waals surface area contributed by atoms with Crippen LogP contribution in [0.2, 0.25) is 0 Å². The second-order valence-electron chi connectivity index (χ2n) is 4.73. The number of nitrogens with zero attached hydrogens (tertiary/aromatic N) is 1. The van der Waals surface area contributed by atoms with Gasteiger partial charge in [0.25, 0.3) is 0 Å². The average molecular weight is 192 g/mol. The molecule has 0 spiro atoms. The fourth-order valence-electron chi connectivity index (χ4n) is 2.32. The zero-order valence-corrected chi connectivity index (χ0v) is 9.21. The first-order chi connectivity index (χ1) is 6.70. The molecule has 1 saturated carbocycles. The summed E-state index contributed by atoms with van der Waals surface area (Å²) in [5.41, 5.74) is 1.77. The minimum absolute atomic E-state index is 0.393. The molecule has 2 heteroatoms. The summed E-state index contributed by atoms with van der Waals surface area (Å²) in [5, 5.41) is 3.68. The highest BCUT2D eigenvalue weighted by Gasteiger charge is 2.27. The van der Waals surface area contributed by atoms with E-state index in [9.17, 15) is 0 Å². The maximum atomic E-state index is 3.68. The number of aryl methyl sites for hydroxylation is 1. The van der Waals surface area contributed by atoms with E-state index in [1.165, 1.54) is 31.4 Å². The van der Waals surface area contributed by atoms with E-state index in [1.54, 1.807) is 0 Å². The average Bonchev–Trinajstić information content (AvgIpc) is 2.73. The number of nitrogens with one attached hydrogen (secondary N) is 1. The molecule has 0 atom stereocenters. The van der Waals surface area contributed by atoms with Gasteiger partial charge in [-0.25, -0.2) is 0 Å². The van der Waals surface area contributed by atoms with Gasteiger partial charge in [-0.3, -0.25) is 0 Å². The molecule has 2 nitrogen and oxygen atoms in total. The maximum absolute atomic E-state index is 3.68. The molecule has 0 aliphatic heterocycles. The van der Waals surface area contributed by atoms with Crippen LogP contribution < -0.4 is 5.32 Å². The summed E-state index contributed by atoms with van der Waals surface area (Å²) in [4.78, 5) is 0. The Morgan fingerprint density at radius 2 is 2.14 bits per heavy atom. The Morgan fingerprint density at radius 3 is 2.71 bits per heavy atom. The van der Waals surface area contributed by atoms with E-state index >= 15 is 0 Å². The van der Waals surface area contributed by atoms with Gasteiger partial charge >= 0.3 is 0 Å². The predicted molar refractivity (Wildman–Crippen MR) is 59.1 cm³/mol. The normalized spacial score (nSPS) is 20.1. The van der Waals surface area contributed by atoms with Crippen molar-refractivity contribution in [1.82, 2.24) is 9.88 Å². The molecule has 1 aliphatic carbocycles. The fourth-order valence-corrected chi connectivity index (χ4v) is 2.32. The van der Waals surface area contributed by atoms with Gasteiger partial charge in [0.2, 0.25) is 0 Å². The molecule has 0 aromatic carbocycles. The van der Waals surface area contributed by atoms with Gasteiger partial charge in [-0.1, -0.05) is 12.8 Å².